The number of imidazole rings is 1. The minimum absolute atomic E-state index is 0.0281. The van der Waals surface area contributed by atoms with Crippen LogP contribution < -0.4 is 5.32 Å². The molecule has 1 aliphatic rings. The van der Waals surface area contributed by atoms with E-state index in [2.05, 4.69) is 10.3 Å². The fraction of sp³-hybridized carbons (Fsp3) is 0.333. The van der Waals surface area contributed by atoms with Gasteiger partial charge in [-0.1, -0.05) is 30.3 Å². The third-order valence-electron chi connectivity index (χ3n) is 3.57. The molecule has 2 aromatic rings. The topological polar surface area (TPSA) is 49.8 Å². The first kappa shape index (κ1) is 13.1. The average molecular weight is 287 g/mol. The molecule has 4 nitrogen and oxygen atoms in total. The van der Waals surface area contributed by atoms with Crippen molar-refractivity contribution in [2.24, 2.45) is 0 Å². The predicted octanol–water partition coefficient (Wildman–Crippen LogP) is 3.05. The van der Waals surface area contributed by atoms with Gasteiger partial charge in [-0.3, -0.25) is 4.79 Å². The monoisotopic (exact) mass is 287 g/mol. The first-order chi connectivity index (χ1) is 9.66. The highest BCUT2D eigenvalue weighted by atomic mass is 32.1. The van der Waals surface area contributed by atoms with Crippen molar-refractivity contribution in [2.75, 3.05) is 0 Å². The van der Waals surface area contributed by atoms with Crippen molar-refractivity contribution in [3.05, 3.63) is 41.3 Å². The smallest absolute Gasteiger partial charge is 0.243 e. The highest BCUT2D eigenvalue weighted by Crippen LogP contribution is 2.25. The van der Waals surface area contributed by atoms with Gasteiger partial charge in [0, 0.05) is 12.2 Å². The van der Waals surface area contributed by atoms with Crippen LogP contribution in [0.5, 0.6) is 0 Å². The van der Waals surface area contributed by atoms with Gasteiger partial charge >= 0.3 is 0 Å². The van der Waals surface area contributed by atoms with E-state index in [9.17, 15) is 4.79 Å². The summed E-state index contributed by atoms with van der Waals surface area (Å²) in [5, 5.41) is 3.03. The Labute approximate surface area is 122 Å². The second kappa shape index (κ2) is 5.25. The van der Waals surface area contributed by atoms with Gasteiger partial charge in [0.1, 0.15) is 6.04 Å². The summed E-state index contributed by atoms with van der Waals surface area (Å²) in [4.78, 5) is 15.3. The second-order valence-corrected chi connectivity index (χ2v) is 5.56. The summed E-state index contributed by atoms with van der Waals surface area (Å²) in [6, 6.07) is 10.00. The van der Waals surface area contributed by atoms with Crippen LogP contribution in [0, 0.1) is 4.77 Å². The third-order valence-corrected chi connectivity index (χ3v) is 3.89. The molecule has 2 N–H and O–H groups in total. The normalized spacial score (nSPS) is 15.8. The van der Waals surface area contributed by atoms with Gasteiger partial charge in [0.15, 0.2) is 4.77 Å². The molecule has 0 bridgehead atoms. The van der Waals surface area contributed by atoms with Gasteiger partial charge < -0.3 is 14.9 Å². The SMILES string of the molecule is CC(C(=O)NC1CC1)n1c(-c2ccccc2)c[nH]c1=S. The molecule has 1 atom stereocenters. The van der Waals surface area contributed by atoms with E-state index in [4.69, 9.17) is 12.2 Å². The molecule has 1 unspecified atom stereocenters. The van der Waals surface area contributed by atoms with Gasteiger partial charge in [0.25, 0.3) is 0 Å². The van der Waals surface area contributed by atoms with Gasteiger partial charge in [0.2, 0.25) is 5.91 Å². The number of nitrogens with zero attached hydrogens (tertiary/aromatic N) is 1. The lowest BCUT2D eigenvalue weighted by Crippen LogP contribution is -2.32. The lowest BCUT2D eigenvalue weighted by molar-refractivity contribution is -0.124. The summed E-state index contributed by atoms with van der Waals surface area (Å²) < 4.78 is 2.45. The number of carbonyl (C=O) groups is 1. The summed E-state index contributed by atoms with van der Waals surface area (Å²) in [5.41, 5.74) is 1.99. The number of aromatic amines is 1. The van der Waals surface area contributed by atoms with E-state index in [0.717, 1.165) is 24.1 Å². The maximum Gasteiger partial charge on any atom is 0.243 e. The van der Waals surface area contributed by atoms with Crippen molar-refractivity contribution >= 4 is 18.1 Å². The fourth-order valence-electron chi connectivity index (χ4n) is 2.26. The van der Waals surface area contributed by atoms with Crippen LogP contribution in [0.15, 0.2) is 36.5 Å². The van der Waals surface area contributed by atoms with Gasteiger partial charge in [-0.05, 0) is 37.5 Å². The number of benzene rings is 1. The van der Waals surface area contributed by atoms with Crippen molar-refractivity contribution in [2.45, 2.75) is 31.8 Å². The molecule has 104 valence electrons. The Kier molecular flexibility index (Phi) is 3.44. The van der Waals surface area contributed by atoms with Crippen molar-refractivity contribution in [3.8, 4) is 11.3 Å². The van der Waals surface area contributed by atoms with Crippen LogP contribution in [0.2, 0.25) is 0 Å². The van der Waals surface area contributed by atoms with Crippen LogP contribution in [0.1, 0.15) is 25.8 Å². The summed E-state index contributed by atoms with van der Waals surface area (Å²) in [7, 11) is 0. The third kappa shape index (κ3) is 2.54. The molecule has 1 amide bonds. The fourth-order valence-corrected chi connectivity index (χ4v) is 2.58. The number of hydrogen-bond donors (Lipinski definition) is 2. The number of H-pyrrole nitrogens is 1. The van der Waals surface area contributed by atoms with Crippen molar-refractivity contribution in [3.63, 3.8) is 0 Å². The number of nitrogens with one attached hydrogen (secondary N) is 2. The molecule has 0 saturated heterocycles. The molecular weight excluding hydrogens is 270 g/mol. The zero-order valence-corrected chi connectivity index (χ0v) is 12.1. The van der Waals surface area contributed by atoms with Gasteiger partial charge in [-0.2, -0.15) is 0 Å². The Hall–Kier alpha value is -1.88. The molecule has 1 aromatic heterocycles. The standard InChI is InChI=1S/C15H17N3OS/c1-10(14(19)17-12-7-8-12)18-13(9-16-15(18)20)11-5-3-2-4-6-11/h2-6,9-10,12H,7-8H2,1H3,(H,16,20)(H,17,19). The Morgan fingerprint density at radius 2 is 2.10 bits per heavy atom. The number of carbonyl (C=O) groups excluding carboxylic acids is 1. The van der Waals surface area contributed by atoms with Gasteiger partial charge in [-0.15, -0.1) is 0 Å². The van der Waals surface area contributed by atoms with Gasteiger partial charge in [-0.25, -0.2) is 0 Å². The molecule has 3 rings (SSSR count). The van der Waals surface area contributed by atoms with E-state index in [1.165, 1.54) is 0 Å². The maximum atomic E-state index is 12.2. The molecule has 0 radical (unpaired) electrons. The van der Waals surface area contributed by atoms with Crippen molar-refractivity contribution in [1.82, 2.24) is 14.9 Å². The molecule has 5 heteroatoms. The van der Waals surface area contributed by atoms with Crippen LogP contribution in [0.3, 0.4) is 0 Å². The second-order valence-electron chi connectivity index (χ2n) is 5.17. The van der Waals surface area contributed by atoms with Crippen LogP contribution >= 0.6 is 12.2 Å². The molecule has 20 heavy (non-hydrogen) atoms. The summed E-state index contributed by atoms with van der Waals surface area (Å²) in [5.74, 6) is 0.0281. The Bertz CT molecular complexity index is 670. The number of hydrogen-bond acceptors (Lipinski definition) is 2. The van der Waals surface area contributed by atoms with Gasteiger partial charge in [0.05, 0.1) is 5.69 Å². The Morgan fingerprint density at radius 1 is 1.40 bits per heavy atom. The summed E-state index contributed by atoms with van der Waals surface area (Å²) in [6.45, 7) is 1.88. The van der Waals surface area contributed by atoms with E-state index in [1.807, 2.05) is 48.0 Å². The van der Waals surface area contributed by atoms with Crippen LogP contribution in [0.4, 0.5) is 0 Å². The lowest BCUT2D eigenvalue weighted by Gasteiger charge is -2.16. The first-order valence-corrected chi connectivity index (χ1v) is 7.23. The first-order valence-electron chi connectivity index (χ1n) is 6.82. The maximum absolute atomic E-state index is 12.2. The minimum atomic E-state index is -0.315. The van der Waals surface area contributed by atoms with Crippen molar-refractivity contribution in [1.29, 1.82) is 0 Å². The van der Waals surface area contributed by atoms with E-state index >= 15 is 0 Å². The number of rotatable bonds is 4. The van der Waals surface area contributed by atoms with Crippen molar-refractivity contribution < 1.29 is 4.79 Å². The summed E-state index contributed by atoms with van der Waals surface area (Å²) >= 11 is 5.32. The largest absolute Gasteiger partial charge is 0.352 e. The highest BCUT2D eigenvalue weighted by Gasteiger charge is 2.27. The lowest BCUT2D eigenvalue weighted by atomic mass is 10.1. The minimum Gasteiger partial charge on any atom is -0.352 e. The molecular formula is C15H17N3OS. The molecule has 0 spiro atoms. The van der Waals surface area contributed by atoms with Crippen LogP contribution in [-0.4, -0.2) is 21.5 Å². The predicted molar refractivity (Wildman–Crippen MR) is 80.9 cm³/mol. The molecule has 1 heterocycles. The molecule has 1 saturated carbocycles. The zero-order chi connectivity index (χ0) is 14.1. The average Bonchev–Trinajstić information content (AvgIpc) is 3.19. The number of aromatic nitrogens is 2. The quantitative estimate of drug-likeness (QED) is 0.849. The molecule has 0 aliphatic heterocycles. The molecule has 1 aliphatic carbocycles. The highest BCUT2D eigenvalue weighted by molar-refractivity contribution is 7.71. The van der Waals surface area contributed by atoms with Crippen LogP contribution in [-0.2, 0) is 4.79 Å². The zero-order valence-electron chi connectivity index (χ0n) is 11.3. The van der Waals surface area contributed by atoms with E-state index in [-0.39, 0.29) is 11.9 Å². The molecule has 1 fully saturated rings. The van der Waals surface area contributed by atoms with Crippen LogP contribution in [0.25, 0.3) is 11.3 Å². The van der Waals surface area contributed by atoms with E-state index in [0.29, 0.717) is 10.8 Å². The van der Waals surface area contributed by atoms with E-state index < -0.39 is 0 Å². The summed E-state index contributed by atoms with van der Waals surface area (Å²) in [6.07, 6.45) is 4.03. The Balaban J connectivity index is 1.94. The number of amides is 1. The Morgan fingerprint density at radius 3 is 2.75 bits per heavy atom. The molecule has 1 aromatic carbocycles. The van der Waals surface area contributed by atoms with E-state index in [1.54, 1.807) is 0 Å².